The van der Waals surface area contributed by atoms with Crippen LogP contribution in [0.15, 0.2) is 47.3 Å². The average Bonchev–Trinajstić information content (AvgIpc) is 3.62. The maximum absolute atomic E-state index is 13.3. The molecule has 1 aromatic heterocycles. The maximum Gasteiger partial charge on any atom is 0.329 e. The molecule has 0 radical (unpaired) electrons. The zero-order valence-corrected chi connectivity index (χ0v) is 19.0. The number of aromatic nitrogens is 2. The van der Waals surface area contributed by atoms with Crippen LogP contribution in [-0.4, -0.2) is 40.2 Å². The van der Waals surface area contributed by atoms with E-state index in [9.17, 15) is 9.59 Å². The Bertz CT molecular complexity index is 1160. The number of nitrogens with zero attached hydrogens (tertiary/aromatic N) is 3. The summed E-state index contributed by atoms with van der Waals surface area (Å²) >= 11 is 0. The first-order valence-corrected chi connectivity index (χ1v) is 11.3. The molecule has 1 aliphatic carbocycles. The van der Waals surface area contributed by atoms with Gasteiger partial charge >= 0.3 is 5.69 Å². The molecule has 7 nitrogen and oxygen atoms in total. The summed E-state index contributed by atoms with van der Waals surface area (Å²) < 4.78 is 14.4. The third kappa shape index (κ3) is 4.38. The summed E-state index contributed by atoms with van der Waals surface area (Å²) in [5.74, 6) is 1.53. The molecule has 1 aliphatic rings. The Labute approximate surface area is 188 Å². The molecule has 32 heavy (non-hydrogen) atoms. The van der Waals surface area contributed by atoms with E-state index < -0.39 is 0 Å². The number of aryl methyl sites for hydroxylation is 2. The van der Waals surface area contributed by atoms with Crippen molar-refractivity contribution in [1.82, 2.24) is 14.0 Å². The number of carbonyl (C=O) groups excluding carboxylic acids is 1. The van der Waals surface area contributed by atoms with Crippen molar-refractivity contribution in [3.63, 3.8) is 0 Å². The van der Waals surface area contributed by atoms with Crippen molar-refractivity contribution in [2.45, 2.75) is 58.3 Å². The smallest absolute Gasteiger partial charge is 0.329 e. The molecule has 0 bridgehead atoms. The lowest BCUT2D eigenvalue weighted by molar-refractivity contribution is -0.132. The molecule has 0 unspecified atom stereocenters. The molecule has 170 valence electrons. The van der Waals surface area contributed by atoms with Crippen LogP contribution in [-0.2, 0) is 24.4 Å². The monoisotopic (exact) mass is 437 g/mol. The van der Waals surface area contributed by atoms with Gasteiger partial charge in [0.05, 0.1) is 25.3 Å². The van der Waals surface area contributed by atoms with E-state index >= 15 is 0 Å². The van der Waals surface area contributed by atoms with Gasteiger partial charge in [-0.05, 0) is 49.6 Å². The lowest BCUT2D eigenvalue weighted by atomic mass is 10.1. The summed E-state index contributed by atoms with van der Waals surface area (Å²) in [4.78, 5) is 28.2. The van der Waals surface area contributed by atoms with E-state index in [2.05, 4.69) is 6.92 Å². The zero-order valence-electron chi connectivity index (χ0n) is 19.0. The van der Waals surface area contributed by atoms with Crippen molar-refractivity contribution in [2.75, 3.05) is 14.2 Å². The standard InChI is InChI=1S/C25H31N3O4/c1-4-14-26-21-7-5-6-8-22(21)27(25(26)30)15-13-24(29)28(19-9-10-19)17-18-16-20(31-2)11-12-23(18)32-3/h5-8,11-12,16,19H,4,9-10,13-15,17H2,1-3H3. The quantitative estimate of drug-likeness (QED) is 0.484. The topological polar surface area (TPSA) is 65.7 Å². The number of imidazole rings is 1. The zero-order chi connectivity index (χ0) is 22.7. The number of hydrogen-bond donors (Lipinski definition) is 0. The van der Waals surface area contributed by atoms with Gasteiger partial charge in [0.15, 0.2) is 0 Å². The Morgan fingerprint density at radius 3 is 2.31 bits per heavy atom. The molecule has 0 saturated heterocycles. The highest BCUT2D eigenvalue weighted by atomic mass is 16.5. The molecule has 1 saturated carbocycles. The summed E-state index contributed by atoms with van der Waals surface area (Å²) in [6.07, 6.45) is 3.18. The predicted octanol–water partition coefficient (Wildman–Crippen LogP) is 3.81. The van der Waals surface area contributed by atoms with Crippen LogP contribution in [0.5, 0.6) is 11.5 Å². The van der Waals surface area contributed by atoms with E-state index in [-0.39, 0.29) is 24.1 Å². The maximum atomic E-state index is 13.3. The largest absolute Gasteiger partial charge is 0.497 e. The van der Waals surface area contributed by atoms with Gasteiger partial charge in [-0.15, -0.1) is 0 Å². The fourth-order valence-electron chi connectivity index (χ4n) is 4.28. The molecule has 3 aromatic rings. The molecular weight excluding hydrogens is 406 g/mol. The Morgan fingerprint density at radius 1 is 1.03 bits per heavy atom. The number of carbonyl (C=O) groups is 1. The summed E-state index contributed by atoms with van der Waals surface area (Å²) in [5, 5.41) is 0. The van der Waals surface area contributed by atoms with Crippen molar-refractivity contribution in [3.05, 3.63) is 58.5 Å². The number of fused-ring (bicyclic) bond motifs is 1. The summed E-state index contributed by atoms with van der Waals surface area (Å²) in [5.41, 5.74) is 2.68. The Kier molecular flexibility index (Phi) is 6.53. The van der Waals surface area contributed by atoms with E-state index in [1.54, 1.807) is 23.4 Å². The second-order valence-corrected chi connectivity index (χ2v) is 8.26. The van der Waals surface area contributed by atoms with Crippen LogP contribution < -0.4 is 15.2 Å². The minimum absolute atomic E-state index is 0.0479. The minimum Gasteiger partial charge on any atom is -0.497 e. The van der Waals surface area contributed by atoms with Gasteiger partial charge in [-0.1, -0.05) is 19.1 Å². The van der Waals surface area contributed by atoms with Gasteiger partial charge < -0.3 is 14.4 Å². The van der Waals surface area contributed by atoms with Crippen molar-refractivity contribution in [3.8, 4) is 11.5 Å². The second kappa shape index (κ2) is 9.51. The lowest BCUT2D eigenvalue weighted by Gasteiger charge is -2.24. The van der Waals surface area contributed by atoms with Crippen LogP contribution in [0.4, 0.5) is 0 Å². The normalized spacial score (nSPS) is 13.3. The number of hydrogen-bond acceptors (Lipinski definition) is 4. The van der Waals surface area contributed by atoms with Gasteiger partial charge in [0.2, 0.25) is 5.91 Å². The van der Waals surface area contributed by atoms with Crippen molar-refractivity contribution >= 4 is 16.9 Å². The molecule has 2 aromatic carbocycles. The second-order valence-electron chi connectivity index (χ2n) is 8.26. The summed E-state index contributed by atoms with van der Waals surface area (Å²) in [6, 6.07) is 13.7. The van der Waals surface area contributed by atoms with Gasteiger partial charge in [-0.25, -0.2) is 4.79 Å². The first-order chi connectivity index (χ1) is 15.6. The van der Waals surface area contributed by atoms with E-state index in [0.29, 0.717) is 19.6 Å². The first kappa shape index (κ1) is 22.0. The number of amides is 1. The Balaban J connectivity index is 1.55. The minimum atomic E-state index is -0.0479. The number of benzene rings is 2. The van der Waals surface area contributed by atoms with E-state index in [0.717, 1.165) is 47.4 Å². The third-order valence-electron chi connectivity index (χ3n) is 6.06. The van der Waals surface area contributed by atoms with Crippen LogP contribution in [0.25, 0.3) is 11.0 Å². The number of methoxy groups -OCH3 is 2. The molecule has 1 heterocycles. The van der Waals surface area contributed by atoms with Gasteiger partial charge in [-0.3, -0.25) is 13.9 Å². The lowest BCUT2D eigenvalue weighted by Crippen LogP contribution is -2.34. The molecule has 4 rings (SSSR count). The molecule has 0 atom stereocenters. The Hall–Kier alpha value is -3.22. The predicted molar refractivity (Wildman–Crippen MR) is 124 cm³/mol. The van der Waals surface area contributed by atoms with Gasteiger partial charge in [0.1, 0.15) is 11.5 Å². The van der Waals surface area contributed by atoms with Crippen LogP contribution in [0, 0.1) is 0 Å². The van der Waals surface area contributed by atoms with Crippen LogP contribution >= 0.6 is 0 Å². The van der Waals surface area contributed by atoms with E-state index in [1.165, 1.54) is 0 Å². The van der Waals surface area contributed by atoms with Gasteiger partial charge in [-0.2, -0.15) is 0 Å². The average molecular weight is 438 g/mol. The fraction of sp³-hybridized carbons (Fsp3) is 0.440. The Morgan fingerprint density at radius 2 is 1.72 bits per heavy atom. The number of ether oxygens (including phenoxy) is 2. The summed E-state index contributed by atoms with van der Waals surface area (Å²) in [6.45, 7) is 3.57. The highest BCUT2D eigenvalue weighted by Gasteiger charge is 2.33. The molecule has 0 N–H and O–H groups in total. The molecule has 1 fully saturated rings. The van der Waals surface area contributed by atoms with Crippen molar-refractivity contribution in [1.29, 1.82) is 0 Å². The summed E-state index contributed by atoms with van der Waals surface area (Å²) in [7, 11) is 3.26. The molecule has 0 spiro atoms. The number of rotatable bonds is 10. The van der Waals surface area contributed by atoms with Crippen molar-refractivity contribution in [2.24, 2.45) is 0 Å². The molecule has 0 aliphatic heterocycles. The van der Waals surface area contributed by atoms with Crippen molar-refractivity contribution < 1.29 is 14.3 Å². The molecular formula is C25H31N3O4. The highest BCUT2D eigenvalue weighted by molar-refractivity contribution is 5.78. The van der Waals surface area contributed by atoms with Crippen LogP contribution in [0.3, 0.4) is 0 Å². The van der Waals surface area contributed by atoms with Crippen LogP contribution in [0.1, 0.15) is 38.2 Å². The van der Waals surface area contributed by atoms with Gasteiger partial charge in [0, 0.05) is 37.7 Å². The number of para-hydroxylation sites is 2. The SMILES string of the molecule is CCCn1c(=O)n(CCC(=O)N(Cc2cc(OC)ccc2OC)C2CC2)c2ccccc21. The van der Waals surface area contributed by atoms with E-state index in [4.69, 9.17) is 9.47 Å². The fourth-order valence-corrected chi connectivity index (χ4v) is 4.28. The third-order valence-corrected chi connectivity index (χ3v) is 6.06. The molecule has 1 amide bonds. The molecule has 7 heteroatoms. The highest BCUT2D eigenvalue weighted by Crippen LogP contribution is 2.32. The van der Waals surface area contributed by atoms with Crippen LogP contribution in [0.2, 0.25) is 0 Å². The van der Waals surface area contributed by atoms with E-state index in [1.807, 2.05) is 47.4 Å². The first-order valence-electron chi connectivity index (χ1n) is 11.3. The van der Waals surface area contributed by atoms with Gasteiger partial charge in [0.25, 0.3) is 0 Å².